The van der Waals surface area contributed by atoms with Gasteiger partial charge in [0, 0.05) is 36.2 Å². The molecule has 1 aliphatic carbocycles. The van der Waals surface area contributed by atoms with Gasteiger partial charge in [-0.15, -0.1) is 0 Å². The lowest BCUT2D eigenvalue weighted by Crippen LogP contribution is -2.23. The van der Waals surface area contributed by atoms with Gasteiger partial charge >= 0.3 is 5.97 Å². The zero-order valence-corrected chi connectivity index (χ0v) is 16.4. The quantitative estimate of drug-likeness (QED) is 0.392. The first-order valence-electron chi connectivity index (χ1n) is 9.60. The van der Waals surface area contributed by atoms with Gasteiger partial charge in [0.2, 0.25) is 0 Å². The molecule has 0 bridgehead atoms. The molecular weight excluding hydrogens is 356 g/mol. The number of Topliss-reactive ketones (excluding diaryl/α,β-unsaturated/α-hetero) is 2. The molecule has 7 heteroatoms. The predicted molar refractivity (Wildman–Crippen MR) is 101 cm³/mol. The second-order valence-corrected chi connectivity index (χ2v) is 8.39. The SMILES string of the molecule is CCCCCC(O)CS[C@H]1CCC(=O)[C@@H]1CC(=O)CCCC(O)C(=O)O. The number of ketones is 2. The van der Waals surface area contributed by atoms with Gasteiger partial charge in [0.05, 0.1) is 6.10 Å². The Morgan fingerprint density at radius 3 is 2.58 bits per heavy atom. The number of thioether (sulfide) groups is 1. The molecule has 0 aliphatic heterocycles. The van der Waals surface area contributed by atoms with Crippen molar-refractivity contribution in [3.8, 4) is 0 Å². The molecule has 0 aromatic carbocycles. The molecule has 1 fully saturated rings. The van der Waals surface area contributed by atoms with Crippen LogP contribution in [0.2, 0.25) is 0 Å². The van der Waals surface area contributed by atoms with Crippen LogP contribution in [0.25, 0.3) is 0 Å². The number of carboxylic acid groups (broad SMARTS) is 1. The summed E-state index contributed by atoms with van der Waals surface area (Å²) in [6.07, 6.45) is 4.16. The maximum absolute atomic E-state index is 12.1. The number of aliphatic carboxylic acids is 1. The Kier molecular flexibility index (Phi) is 11.1. The van der Waals surface area contributed by atoms with Crippen LogP contribution in [-0.2, 0) is 14.4 Å². The van der Waals surface area contributed by atoms with Gasteiger partial charge in [0.15, 0.2) is 6.10 Å². The summed E-state index contributed by atoms with van der Waals surface area (Å²) in [7, 11) is 0. The summed E-state index contributed by atoms with van der Waals surface area (Å²) in [6, 6.07) is 0. The van der Waals surface area contributed by atoms with Gasteiger partial charge in [-0.3, -0.25) is 9.59 Å². The van der Waals surface area contributed by atoms with Crippen molar-refractivity contribution in [1.82, 2.24) is 0 Å². The number of carbonyl (C=O) groups excluding carboxylic acids is 2. The van der Waals surface area contributed by atoms with E-state index in [2.05, 4.69) is 6.92 Å². The Labute approximate surface area is 159 Å². The van der Waals surface area contributed by atoms with Gasteiger partial charge in [-0.2, -0.15) is 11.8 Å². The second kappa shape index (κ2) is 12.5. The summed E-state index contributed by atoms with van der Waals surface area (Å²) >= 11 is 1.60. The van der Waals surface area contributed by atoms with E-state index in [0.29, 0.717) is 18.6 Å². The molecule has 26 heavy (non-hydrogen) atoms. The molecule has 4 atom stereocenters. The van der Waals surface area contributed by atoms with Crippen molar-refractivity contribution in [3.05, 3.63) is 0 Å². The van der Waals surface area contributed by atoms with Crippen LogP contribution >= 0.6 is 11.8 Å². The fourth-order valence-corrected chi connectivity index (χ4v) is 4.64. The molecule has 0 spiro atoms. The normalized spacial score (nSPS) is 22.3. The largest absolute Gasteiger partial charge is 0.479 e. The third-order valence-electron chi connectivity index (χ3n) is 4.85. The molecule has 1 aliphatic rings. The van der Waals surface area contributed by atoms with E-state index in [4.69, 9.17) is 5.11 Å². The molecule has 0 amide bonds. The molecule has 0 radical (unpaired) electrons. The molecule has 0 heterocycles. The van der Waals surface area contributed by atoms with Crippen molar-refractivity contribution in [2.75, 3.05) is 5.75 Å². The van der Waals surface area contributed by atoms with E-state index in [1.807, 2.05) is 0 Å². The lowest BCUT2D eigenvalue weighted by molar-refractivity contribution is -0.147. The first-order chi connectivity index (χ1) is 12.3. The number of aliphatic hydroxyl groups excluding tert-OH is 2. The van der Waals surface area contributed by atoms with Gasteiger partial charge < -0.3 is 15.3 Å². The smallest absolute Gasteiger partial charge is 0.332 e. The standard InChI is InChI=1S/C19H32O6S/c1-2-3-4-6-14(21)12-26-18-10-9-16(22)15(18)11-13(20)7-5-8-17(23)19(24)25/h14-15,17-18,21,23H,2-12H2,1H3,(H,24,25)/t14?,15-,17?,18-/m0/s1. The Morgan fingerprint density at radius 1 is 1.19 bits per heavy atom. The average Bonchev–Trinajstić information content (AvgIpc) is 2.93. The molecule has 3 N–H and O–H groups in total. The van der Waals surface area contributed by atoms with Crippen molar-refractivity contribution in [2.45, 2.75) is 88.6 Å². The fourth-order valence-electron chi connectivity index (χ4n) is 3.23. The third-order valence-corrected chi connectivity index (χ3v) is 6.42. The van der Waals surface area contributed by atoms with E-state index in [9.17, 15) is 24.6 Å². The van der Waals surface area contributed by atoms with E-state index >= 15 is 0 Å². The van der Waals surface area contributed by atoms with Crippen molar-refractivity contribution in [1.29, 1.82) is 0 Å². The zero-order chi connectivity index (χ0) is 19.5. The number of rotatable bonds is 14. The van der Waals surface area contributed by atoms with Crippen LogP contribution in [0.5, 0.6) is 0 Å². The van der Waals surface area contributed by atoms with Crippen molar-refractivity contribution in [3.63, 3.8) is 0 Å². The minimum absolute atomic E-state index is 0.0435. The number of hydrogen-bond donors (Lipinski definition) is 3. The maximum Gasteiger partial charge on any atom is 0.332 e. The molecule has 1 saturated carbocycles. The molecule has 0 aromatic rings. The minimum atomic E-state index is -1.44. The van der Waals surface area contributed by atoms with Gasteiger partial charge in [0.1, 0.15) is 11.6 Å². The average molecular weight is 389 g/mol. The topological polar surface area (TPSA) is 112 Å². The third kappa shape index (κ3) is 8.64. The summed E-state index contributed by atoms with van der Waals surface area (Å²) in [4.78, 5) is 34.8. The molecule has 1 rings (SSSR count). The number of carboxylic acids is 1. The second-order valence-electron chi connectivity index (χ2n) is 7.12. The number of aliphatic hydroxyl groups is 2. The predicted octanol–water partition coefficient (Wildman–Crippen LogP) is 2.58. The first kappa shape index (κ1) is 23.1. The lowest BCUT2D eigenvalue weighted by atomic mass is 9.96. The van der Waals surface area contributed by atoms with Gasteiger partial charge in [-0.25, -0.2) is 4.79 Å². The molecule has 0 aromatic heterocycles. The molecule has 6 nitrogen and oxygen atoms in total. The summed E-state index contributed by atoms with van der Waals surface area (Å²) in [6.45, 7) is 2.12. The van der Waals surface area contributed by atoms with Crippen molar-refractivity contribution < 1.29 is 29.7 Å². The highest BCUT2D eigenvalue weighted by Crippen LogP contribution is 2.36. The van der Waals surface area contributed by atoms with E-state index in [-0.39, 0.29) is 48.1 Å². The zero-order valence-electron chi connectivity index (χ0n) is 15.6. The lowest BCUT2D eigenvalue weighted by Gasteiger charge is -2.19. The van der Waals surface area contributed by atoms with Crippen LogP contribution in [-0.4, -0.2) is 56.1 Å². The summed E-state index contributed by atoms with van der Waals surface area (Å²) in [5.41, 5.74) is 0. The van der Waals surface area contributed by atoms with Crippen LogP contribution in [0, 0.1) is 5.92 Å². The highest BCUT2D eigenvalue weighted by molar-refractivity contribution is 8.00. The van der Waals surface area contributed by atoms with Crippen LogP contribution in [0.1, 0.15) is 71.1 Å². The van der Waals surface area contributed by atoms with E-state index in [0.717, 1.165) is 32.1 Å². The summed E-state index contributed by atoms with van der Waals surface area (Å²) in [5.74, 6) is -0.923. The van der Waals surface area contributed by atoms with E-state index in [1.54, 1.807) is 11.8 Å². The molecule has 0 saturated heterocycles. The maximum atomic E-state index is 12.1. The van der Waals surface area contributed by atoms with Gasteiger partial charge in [-0.1, -0.05) is 26.2 Å². The van der Waals surface area contributed by atoms with Crippen LogP contribution in [0.15, 0.2) is 0 Å². The fraction of sp³-hybridized carbons (Fsp3) is 0.842. The van der Waals surface area contributed by atoms with E-state index < -0.39 is 12.1 Å². The highest BCUT2D eigenvalue weighted by Gasteiger charge is 2.36. The van der Waals surface area contributed by atoms with E-state index in [1.165, 1.54) is 0 Å². The molecular formula is C19H32O6S. The minimum Gasteiger partial charge on any atom is -0.479 e. The Morgan fingerprint density at radius 2 is 1.92 bits per heavy atom. The molecule has 2 unspecified atom stereocenters. The van der Waals surface area contributed by atoms with Gasteiger partial charge in [0.25, 0.3) is 0 Å². The summed E-state index contributed by atoms with van der Waals surface area (Å²) < 4.78 is 0. The Hall–Kier alpha value is -0.920. The highest BCUT2D eigenvalue weighted by atomic mass is 32.2. The number of hydrogen-bond acceptors (Lipinski definition) is 6. The molecule has 150 valence electrons. The van der Waals surface area contributed by atoms with Gasteiger partial charge in [-0.05, 0) is 25.7 Å². The van der Waals surface area contributed by atoms with Crippen LogP contribution in [0.4, 0.5) is 0 Å². The first-order valence-corrected chi connectivity index (χ1v) is 10.6. The number of carbonyl (C=O) groups is 3. The van der Waals surface area contributed by atoms with Crippen molar-refractivity contribution >= 4 is 29.3 Å². The van der Waals surface area contributed by atoms with Crippen LogP contribution < -0.4 is 0 Å². The Balaban J connectivity index is 2.34. The monoisotopic (exact) mass is 388 g/mol. The Bertz CT molecular complexity index is 467. The van der Waals surface area contributed by atoms with Crippen LogP contribution in [0.3, 0.4) is 0 Å². The summed E-state index contributed by atoms with van der Waals surface area (Å²) in [5, 5.41) is 27.9. The van der Waals surface area contributed by atoms with Crippen molar-refractivity contribution in [2.24, 2.45) is 5.92 Å². The number of unbranched alkanes of at least 4 members (excludes halogenated alkanes) is 2.